The highest BCUT2D eigenvalue weighted by Gasteiger charge is 2.16. The lowest BCUT2D eigenvalue weighted by Gasteiger charge is -2.17. The van der Waals surface area contributed by atoms with E-state index in [1.54, 1.807) is 49.5 Å². The van der Waals surface area contributed by atoms with Crippen molar-refractivity contribution in [1.82, 2.24) is 10.0 Å². The summed E-state index contributed by atoms with van der Waals surface area (Å²) in [5.74, 6) is -1.09. The molecule has 1 aromatic heterocycles. The molecule has 0 radical (unpaired) electrons. The summed E-state index contributed by atoms with van der Waals surface area (Å²) >= 11 is 0. The summed E-state index contributed by atoms with van der Waals surface area (Å²) < 4.78 is 6.19. The first-order valence-electron chi connectivity index (χ1n) is 10.1. The lowest BCUT2D eigenvalue weighted by Crippen LogP contribution is -2.35. The largest absolute Gasteiger partial charge is 0.530 e. The second-order valence-corrected chi connectivity index (χ2v) is 7.25. The standard InChI is InChI=1S/C24H21N3O6/c1-26(19-8-3-2-4-9-19)22(28)15-32-27-20-13-18(10-11-21(20)33-24(27)31)17-7-5-6-16(12-17)14-25-23(29)30/h2-13,25H,14-15H2,1H3,(H,29,30)/p-1. The Hall–Kier alpha value is -4.53. The first-order chi connectivity index (χ1) is 15.9. The van der Waals surface area contributed by atoms with Crippen LogP contribution in [-0.4, -0.2) is 30.4 Å². The van der Waals surface area contributed by atoms with Gasteiger partial charge in [-0.15, -0.1) is 4.73 Å². The highest BCUT2D eigenvalue weighted by molar-refractivity contribution is 5.93. The molecule has 9 heteroatoms. The number of likely N-dealkylation sites (N-methyl/N-ethyl adjacent to an activating group) is 1. The Morgan fingerprint density at radius 2 is 1.79 bits per heavy atom. The Labute approximate surface area is 188 Å². The Morgan fingerprint density at radius 3 is 2.55 bits per heavy atom. The van der Waals surface area contributed by atoms with Crippen LogP contribution in [0.25, 0.3) is 22.2 Å². The number of hydrogen-bond donors (Lipinski definition) is 1. The van der Waals surface area contributed by atoms with Gasteiger partial charge in [0.2, 0.25) is 0 Å². The van der Waals surface area contributed by atoms with Crippen LogP contribution < -0.4 is 25.9 Å². The fourth-order valence-corrected chi connectivity index (χ4v) is 3.35. The van der Waals surface area contributed by atoms with Crippen LogP contribution >= 0.6 is 0 Å². The van der Waals surface area contributed by atoms with Crippen LogP contribution in [0.4, 0.5) is 10.5 Å². The van der Waals surface area contributed by atoms with Crippen molar-refractivity contribution in [3.8, 4) is 11.1 Å². The molecule has 2 amide bonds. The number of para-hydroxylation sites is 1. The zero-order valence-corrected chi connectivity index (χ0v) is 17.7. The molecule has 0 aliphatic heterocycles. The third-order valence-electron chi connectivity index (χ3n) is 5.07. The molecule has 1 N–H and O–H groups in total. The van der Waals surface area contributed by atoms with Crippen molar-refractivity contribution in [3.05, 3.63) is 88.9 Å². The molecule has 1 heterocycles. The summed E-state index contributed by atoms with van der Waals surface area (Å²) in [5, 5.41) is 12.9. The first-order valence-corrected chi connectivity index (χ1v) is 10.1. The third-order valence-corrected chi connectivity index (χ3v) is 5.07. The van der Waals surface area contributed by atoms with Gasteiger partial charge in [-0.3, -0.25) is 4.79 Å². The molecular formula is C24H20N3O6-. The Morgan fingerprint density at radius 1 is 1.03 bits per heavy atom. The van der Waals surface area contributed by atoms with Crippen molar-refractivity contribution in [2.45, 2.75) is 6.54 Å². The number of benzene rings is 3. The molecule has 0 aliphatic rings. The molecule has 9 nitrogen and oxygen atoms in total. The van der Waals surface area contributed by atoms with E-state index in [1.807, 2.05) is 30.3 Å². The Bertz CT molecular complexity index is 1360. The van der Waals surface area contributed by atoms with Crippen molar-refractivity contribution in [1.29, 1.82) is 0 Å². The molecule has 0 bridgehead atoms. The van der Waals surface area contributed by atoms with Gasteiger partial charge in [-0.2, -0.15) is 0 Å². The second kappa shape index (κ2) is 9.31. The van der Waals surface area contributed by atoms with Crippen LogP contribution in [0.15, 0.2) is 82.0 Å². The van der Waals surface area contributed by atoms with E-state index >= 15 is 0 Å². The molecule has 168 valence electrons. The minimum absolute atomic E-state index is 0.106. The predicted octanol–water partition coefficient (Wildman–Crippen LogP) is 1.79. The van der Waals surface area contributed by atoms with E-state index in [-0.39, 0.29) is 19.1 Å². The minimum atomic E-state index is -1.35. The SMILES string of the molecule is CN(C(=O)COn1c(=O)oc2ccc(-c3cccc(CNC(=O)[O-])c3)cc21)c1ccccc1. The predicted molar refractivity (Wildman–Crippen MR) is 119 cm³/mol. The average Bonchev–Trinajstić information content (AvgIpc) is 3.15. The van der Waals surface area contributed by atoms with Gasteiger partial charge in [0.25, 0.3) is 5.91 Å². The molecule has 4 rings (SSSR count). The summed E-state index contributed by atoms with van der Waals surface area (Å²) in [6.45, 7) is -0.260. The molecule has 0 fully saturated rings. The topological polar surface area (TPSA) is 117 Å². The van der Waals surface area contributed by atoms with Gasteiger partial charge in [0, 0.05) is 19.3 Å². The fraction of sp³-hybridized carbons (Fsp3) is 0.125. The zero-order valence-electron chi connectivity index (χ0n) is 17.7. The summed E-state index contributed by atoms with van der Waals surface area (Å²) in [7, 11) is 1.62. The number of carbonyl (C=O) groups excluding carboxylic acids is 2. The van der Waals surface area contributed by atoms with Gasteiger partial charge in [-0.05, 0) is 47.0 Å². The minimum Gasteiger partial charge on any atom is -0.530 e. The van der Waals surface area contributed by atoms with Gasteiger partial charge in [0.15, 0.2) is 12.2 Å². The molecule has 0 saturated heterocycles. The number of fused-ring (bicyclic) bond motifs is 1. The van der Waals surface area contributed by atoms with E-state index in [9.17, 15) is 19.5 Å². The molecule has 0 aliphatic carbocycles. The van der Waals surface area contributed by atoms with Crippen LogP contribution in [-0.2, 0) is 11.3 Å². The number of amides is 2. The molecule has 4 aromatic rings. The van der Waals surface area contributed by atoms with Gasteiger partial charge < -0.3 is 29.4 Å². The third kappa shape index (κ3) is 4.87. The molecule has 3 aromatic carbocycles. The van der Waals surface area contributed by atoms with Crippen LogP contribution in [0.1, 0.15) is 5.56 Å². The summed E-state index contributed by atoms with van der Waals surface area (Å²) in [4.78, 5) is 42.4. The number of hydrogen-bond acceptors (Lipinski definition) is 6. The summed E-state index contributed by atoms with van der Waals surface area (Å²) in [6.07, 6.45) is -1.35. The fourth-order valence-electron chi connectivity index (χ4n) is 3.35. The maximum absolute atomic E-state index is 12.5. The number of carboxylic acid groups (broad SMARTS) is 1. The van der Waals surface area contributed by atoms with Crippen molar-refractivity contribution >= 4 is 28.8 Å². The molecule has 33 heavy (non-hydrogen) atoms. The van der Waals surface area contributed by atoms with Gasteiger partial charge in [-0.25, -0.2) is 4.79 Å². The number of carbonyl (C=O) groups is 2. The van der Waals surface area contributed by atoms with E-state index in [1.165, 1.54) is 4.90 Å². The second-order valence-electron chi connectivity index (χ2n) is 7.25. The normalized spacial score (nSPS) is 10.7. The molecule has 0 saturated carbocycles. The summed E-state index contributed by atoms with van der Waals surface area (Å²) in [5.41, 5.74) is 3.67. The molecule has 0 atom stereocenters. The molecule has 0 spiro atoms. The van der Waals surface area contributed by atoms with Crippen LogP contribution in [0.2, 0.25) is 0 Å². The van der Waals surface area contributed by atoms with E-state index < -0.39 is 11.8 Å². The first kappa shape index (κ1) is 21.7. The number of aromatic nitrogens is 1. The molecule has 0 unspecified atom stereocenters. The average molecular weight is 446 g/mol. The maximum atomic E-state index is 12.5. The van der Waals surface area contributed by atoms with Gasteiger partial charge >= 0.3 is 5.76 Å². The Balaban J connectivity index is 1.57. The monoisotopic (exact) mass is 446 g/mol. The maximum Gasteiger partial charge on any atom is 0.453 e. The number of oxazole rings is 1. The van der Waals surface area contributed by atoms with E-state index in [0.717, 1.165) is 21.4 Å². The van der Waals surface area contributed by atoms with E-state index in [4.69, 9.17) is 9.25 Å². The number of nitrogens with one attached hydrogen (secondary N) is 1. The van der Waals surface area contributed by atoms with Crippen molar-refractivity contribution in [2.24, 2.45) is 0 Å². The van der Waals surface area contributed by atoms with Crippen LogP contribution in [0.3, 0.4) is 0 Å². The quantitative estimate of drug-likeness (QED) is 0.463. The zero-order chi connectivity index (χ0) is 23.4. The number of rotatable bonds is 7. The van der Waals surface area contributed by atoms with Crippen molar-refractivity contribution < 1.29 is 24.0 Å². The highest BCUT2D eigenvalue weighted by Crippen LogP contribution is 2.25. The van der Waals surface area contributed by atoms with E-state index in [0.29, 0.717) is 16.8 Å². The highest BCUT2D eigenvalue weighted by atomic mass is 16.7. The lowest BCUT2D eigenvalue weighted by atomic mass is 10.0. The van der Waals surface area contributed by atoms with E-state index in [2.05, 4.69) is 5.32 Å². The lowest BCUT2D eigenvalue weighted by molar-refractivity contribution is -0.251. The van der Waals surface area contributed by atoms with Crippen molar-refractivity contribution in [2.75, 3.05) is 18.6 Å². The van der Waals surface area contributed by atoms with Crippen LogP contribution in [0.5, 0.6) is 0 Å². The van der Waals surface area contributed by atoms with Crippen molar-refractivity contribution in [3.63, 3.8) is 0 Å². The van der Waals surface area contributed by atoms with Gasteiger partial charge in [0.1, 0.15) is 11.6 Å². The van der Waals surface area contributed by atoms with Gasteiger partial charge in [-0.1, -0.05) is 42.5 Å². The molecular weight excluding hydrogens is 426 g/mol. The van der Waals surface area contributed by atoms with Crippen LogP contribution in [0, 0.1) is 0 Å². The van der Waals surface area contributed by atoms with Gasteiger partial charge in [0.05, 0.1) is 0 Å². The number of nitrogens with zero attached hydrogens (tertiary/aromatic N) is 2. The number of anilines is 1. The Kier molecular flexibility index (Phi) is 6.12. The smallest absolute Gasteiger partial charge is 0.453 e. The summed E-state index contributed by atoms with van der Waals surface area (Å²) in [6, 6.07) is 21.4.